The fourth-order valence-electron chi connectivity index (χ4n) is 2.78. The van der Waals surface area contributed by atoms with Gasteiger partial charge >= 0.3 is 6.03 Å². The molecule has 2 saturated heterocycles. The Hall–Kier alpha value is -2.44. The largest absolute Gasteiger partial charge is 0.338 e. The highest BCUT2D eigenvalue weighted by molar-refractivity contribution is 6.07. The summed E-state index contributed by atoms with van der Waals surface area (Å²) in [6.45, 7) is 0.585. The van der Waals surface area contributed by atoms with Gasteiger partial charge in [-0.25, -0.2) is 9.18 Å². The van der Waals surface area contributed by atoms with E-state index in [1.807, 2.05) is 0 Å². The van der Waals surface area contributed by atoms with Crippen LogP contribution in [0.25, 0.3) is 0 Å². The Morgan fingerprint density at radius 2 is 1.86 bits per heavy atom. The van der Waals surface area contributed by atoms with E-state index >= 15 is 0 Å². The summed E-state index contributed by atoms with van der Waals surface area (Å²) in [4.78, 5) is 36.8. The third-order valence-electron chi connectivity index (χ3n) is 4.02. The highest BCUT2D eigenvalue weighted by Crippen LogP contribution is 2.26. The third kappa shape index (κ3) is 2.24. The number of nitrogens with one attached hydrogen (secondary N) is 2. The van der Waals surface area contributed by atoms with Crippen LogP contribution in [0.1, 0.15) is 23.2 Å². The number of benzene rings is 1. The minimum atomic E-state index is -0.927. The van der Waals surface area contributed by atoms with Gasteiger partial charge in [0, 0.05) is 13.1 Å². The molecule has 1 aromatic carbocycles. The van der Waals surface area contributed by atoms with Gasteiger partial charge in [0.05, 0.1) is 5.56 Å². The Labute approximate surface area is 120 Å². The van der Waals surface area contributed by atoms with Gasteiger partial charge < -0.3 is 10.2 Å². The highest BCUT2D eigenvalue weighted by Gasteiger charge is 2.48. The van der Waals surface area contributed by atoms with Crippen LogP contribution in [0.4, 0.5) is 9.18 Å². The van der Waals surface area contributed by atoms with Gasteiger partial charge in [-0.2, -0.15) is 0 Å². The molecular formula is C14H14FN3O3. The maximum atomic E-state index is 13.6. The third-order valence-corrected chi connectivity index (χ3v) is 4.02. The zero-order valence-electron chi connectivity index (χ0n) is 11.2. The summed E-state index contributed by atoms with van der Waals surface area (Å²) in [6.07, 6.45) is 0.648. The molecule has 1 aromatic rings. The predicted molar refractivity (Wildman–Crippen MR) is 70.9 cm³/mol. The van der Waals surface area contributed by atoms with Crippen molar-refractivity contribution in [1.82, 2.24) is 15.5 Å². The minimum Gasteiger partial charge on any atom is -0.338 e. The van der Waals surface area contributed by atoms with Crippen LogP contribution in [0, 0.1) is 5.82 Å². The van der Waals surface area contributed by atoms with Gasteiger partial charge in [-0.05, 0) is 25.0 Å². The monoisotopic (exact) mass is 291 g/mol. The summed E-state index contributed by atoms with van der Waals surface area (Å²) < 4.78 is 13.6. The molecule has 2 N–H and O–H groups in total. The average Bonchev–Trinajstić information content (AvgIpc) is 2.74. The molecule has 7 heteroatoms. The first kappa shape index (κ1) is 13.5. The normalized spacial score (nSPS) is 20.3. The van der Waals surface area contributed by atoms with Gasteiger partial charge in [-0.15, -0.1) is 0 Å². The number of hydrogen-bond acceptors (Lipinski definition) is 3. The first-order valence-corrected chi connectivity index (χ1v) is 6.69. The number of nitrogens with zero attached hydrogens (tertiary/aromatic N) is 1. The lowest BCUT2D eigenvalue weighted by molar-refractivity contribution is -0.125. The molecule has 110 valence electrons. The van der Waals surface area contributed by atoms with Crippen molar-refractivity contribution in [3.8, 4) is 0 Å². The van der Waals surface area contributed by atoms with Gasteiger partial charge in [-0.3, -0.25) is 14.9 Å². The molecule has 2 aliphatic heterocycles. The fourth-order valence-corrected chi connectivity index (χ4v) is 2.78. The van der Waals surface area contributed by atoms with Crippen LogP contribution in [-0.4, -0.2) is 41.4 Å². The molecule has 0 aromatic heterocycles. The van der Waals surface area contributed by atoms with Crippen LogP contribution in [0.2, 0.25) is 0 Å². The number of hydrogen-bond donors (Lipinski definition) is 2. The van der Waals surface area contributed by atoms with Crippen LogP contribution in [-0.2, 0) is 4.79 Å². The SMILES string of the molecule is O=C1NC(=O)C2(CCN(C(=O)c3ccccc3F)CC2)N1. The van der Waals surface area contributed by atoms with E-state index in [9.17, 15) is 18.8 Å². The Morgan fingerprint density at radius 1 is 1.19 bits per heavy atom. The molecule has 1 spiro atoms. The van der Waals surface area contributed by atoms with E-state index in [0.717, 1.165) is 0 Å². The molecule has 0 unspecified atom stereocenters. The van der Waals surface area contributed by atoms with E-state index in [1.54, 1.807) is 6.07 Å². The van der Waals surface area contributed by atoms with Crippen LogP contribution in [0.5, 0.6) is 0 Å². The average molecular weight is 291 g/mol. The van der Waals surface area contributed by atoms with Crippen molar-refractivity contribution < 1.29 is 18.8 Å². The molecule has 2 fully saturated rings. The Balaban J connectivity index is 1.72. The summed E-state index contributed by atoms with van der Waals surface area (Å²) in [6, 6.07) is 5.30. The van der Waals surface area contributed by atoms with Crippen LogP contribution in [0.3, 0.4) is 0 Å². The summed E-state index contributed by atoms with van der Waals surface area (Å²) >= 11 is 0. The smallest absolute Gasteiger partial charge is 0.322 e. The van der Waals surface area contributed by atoms with E-state index in [4.69, 9.17) is 0 Å². The molecule has 2 aliphatic rings. The van der Waals surface area contributed by atoms with Crippen molar-refractivity contribution in [2.24, 2.45) is 0 Å². The lowest BCUT2D eigenvalue weighted by Crippen LogP contribution is -2.55. The number of amides is 4. The lowest BCUT2D eigenvalue weighted by Gasteiger charge is -2.37. The van der Waals surface area contributed by atoms with Crippen LogP contribution >= 0.6 is 0 Å². The number of piperidine rings is 1. The van der Waals surface area contributed by atoms with Crippen molar-refractivity contribution >= 4 is 17.8 Å². The standard InChI is InChI=1S/C14H14FN3O3/c15-10-4-2-1-3-9(10)11(19)18-7-5-14(6-8-18)12(20)16-13(21)17-14/h1-4H,5-8H2,(H2,16,17,20,21). The quantitative estimate of drug-likeness (QED) is 0.745. The Kier molecular flexibility index (Phi) is 3.12. The van der Waals surface area contributed by atoms with Gasteiger partial charge in [0.1, 0.15) is 11.4 Å². The van der Waals surface area contributed by atoms with E-state index < -0.39 is 23.3 Å². The van der Waals surface area contributed by atoms with Crippen LogP contribution < -0.4 is 10.6 Å². The molecule has 6 nitrogen and oxygen atoms in total. The first-order chi connectivity index (χ1) is 10.0. The van der Waals surface area contributed by atoms with Crippen molar-refractivity contribution in [3.63, 3.8) is 0 Å². The molecule has 4 amide bonds. The van der Waals surface area contributed by atoms with E-state index in [0.29, 0.717) is 25.9 Å². The number of carbonyl (C=O) groups is 3. The molecule has 2 heterocycles. The summed E-state index contributed by atoms with van der Waals surface area (Å²) in [5.74, 6) is -1.31. The number of carbonyl (C=O) groups excluding carboxylic acids is 3. The molecule has 0 atom stereocenters. The Bertz CT molecular complexity index is 624. The minimum absolute atomic E-state index is 0.0216. The second kappa shape index (κ2) is 4.83. The van der Waals surface area contributed by atoms with E-state index in [-0.39, 0.29) is 11.5 Å². The summed E-state index contributed by atoms with van der Waals surface area (Å²) in [7, 11) is 0. The zero-order valence-corrected chi connectivity index (χ0v) is 11.2. The molecule has 0 bridgehead atoms. The topological polar surface area (TPSA) is 78.5 Å². The number of rotatable bonds is 1. The Morgan fingerprint density at radius 3 is 2.43 bits per heavy atom. The second-order valence-corrected chi connectivity index (χ2v) is 5.26. The molecule has 0 radical (unpaired) electrons. The highest BCUT2D eigenvalue weighted by atomic mass is 19.1. The van der Waals surface area contributed by atoms with Crippen molar-refractivity contribution in [2.45, 2.75) is 18.4 Å². The zero-order chi connectivity index (χ0) is 15.0. The second-order valence-electron chi connectivity index (χ2n) is 5.26. The van der Waals surface area contributed by atoms with E-state index in [1.165, 1.54) is 23.1 Å². The predicted octanol–water partition coefficient (Wildman–Crippen LogP) is 0.640. The lowest BCUT2D eigenvalue weighted by atomic mass is 9.87. The maximum Gasteiger partial charge on any atom is 0.322 e. The number of halogens is 1. The van der Waals surface area contributed by atoms with Gasteiger partial charge in [-0.1, -0.05) is 12.1 Å². The van der Waals surface area contributed by atoms with Gasteiger partial charge in [0.15, 0.2) is 0 Å². The molecule has 0 aliphatic carbocycles. The maximum absolute atomic E-state index is 13.6. The molecule has 21 heavy (non-hydrogen) atoms. The number of urea groups is 1. The summed E-state index contributed by atoms with van der Waals surface area (Å²) in [5.41, 5.74) is -0.906. The summed E-state index contributed by atoms with van der Waals surface area (Å²) in [5, 5.41) is 4.83. The number of likely N-dealkylation sites (tertiary alicyclic amines) is 1. The van der Waals surface area contributed by atoms with Gasteiger partial charge in [0.2, 0.25) is 0 Å². The van der Waals surface area contributed by atoms with Crippen molar-refractivity contribution in [1.29, 1.82) is 0 Å². The molecule has 0 saturated carbocycles. The molecule has 3 rings (SSSR count). The van der Waals surface area contributed by atoms with Crippen molar-refractivity contribution in [2.75, 3.05) is 13.1 Å². The van der Waals surface area contributed by atoms with E-state index in [2.05, 4.69) is 10.6 Å². The fraction of sp³-hybridized carbons (Fsp3) is 0.357. The van der Waals surface area contributed by atoms with Crippen molar-refractivity contribution in [3.05, 3.63) is 35.6 Å². The van der Waals surface area contributed by atoms with Crippen LogP contribution in [0.15, 0.2) is 24.3 Å². The molecular weight excluding hydrogens is 277 g/mol. The number of imide groups is 1. The first-order valence-electron chi connectivity index (χ1n) is 6.69. The van der Waals surface area contributed by atoms with Gasteiger partial charge in [0.25, 0.3) is 11.8 Å².